The molecule has 1 saturated carbocycles. The van der Waals surface area contributed by atoms with Gasteiger partial charge in [0.1, 0.15) is 0 Å². The van der Waals surface area contributed by atoms with Crippen molar-refractivity contribution in [1.29, 1.82) is 0 Å². The number of nitrogens with zero attached hydrogens (tertiary/aromatic N) is 2. The summed E-state index contributed by atoms with van der Waals surface area (Å²) in [7, 11) is 2.18. The van der Waals surface area contributed by atoms with Gasteiger partial charge in [-0.25, -0.2) is 0 Å². The minimum absolute atomic E-state index is 0.226. The summed E-state index contributed by atoms with van der Waals surface area (Å²) < 4.78 is 5.99. The van der Waals surface area contributed by atoms with Crippen LogP contribution < -0.4 is 5.32 Å². The van der Waals surface area contributed by atoms with Crippen LogP contribution in [0.15, 0.2) is 18.3 Å². The van der Waals surface area contributed by atoms with Crippen molar-refractivity contribution in [3.8, 4) is 0 Å². The number of pyridine rings is 1. The summed E-state index contributed by atoms with van der Waals surface area (Å²) >= 11 is 0. The Labute approximate surface area is 115 Å². The SMILES string of the molecule is Cc1ccc(C2C(CNC3CC3)OCCN2C)cn1. The number of aryl methyl sites for hydroxylation is 1. The van der Waals surface area contributed by atoms with Crippen LogP contribution in [0.25, 0.3) is 0 Å². The molecule has 1 aliphatic carbocycles. The molecular formula is C15H23N3O. The number of hydrogen-bond donors (Lipinski definition) is 1. The molecule has 1 aromatic heterocycles. The number of aromatic nitrogens is 1. The van der Waals surface area contributed by atoms with Crippen LogP contribution in [-0.2, 0) is 4.74 Å². The van der Waals surface area contributed by atoms with Gasteiger partial charge in [-0.3, -0.25) is 9.88 Å². The van der Waals surface area contributed by atoms with Gasteiger partial charge in [-0.05, 0) is 38.4 Å². The first-order chi connectivity index (χ1) is 9.24. The molecule has 1 aliphatic heterocycles. The van der Waals surface area contributed by atoms with Gasteiger partial charge in [-0.2, -0.15) is 0 Å². The van der Waals surface area contributed by atoms with Crippen molar-refractivity contribution in [2.45, 2.75) is 38.0 Å². The second kappa shape index (κ2) is 5.57. The monoisotopic (exact) mass is 261 g/mol. The predicted octanol–water partition coefficient (Wildman–Crippen LogP) is 1.51. The average molecular weight is 261 g/mol. The Morgan fingerprint density at radius 3 is 2.95 bits per heavy atom. The predicted molar refractivity (Wildman–Crippen MR) is 75.1 cm³/mol. The van der Waals surface area contributed by atoms with E-state index in [1.165, 1.54) is 18.4 Å². The number of likely N-dealkylation sites (N-methyl/N-ethyl adjacent to an activating group) is 1. The first-order valence-electron chi connectivity index (χ1n) is 7.22. The fourth-order valence-corrected chi connectivity index (χ4v) is 2.73. The second-order valence-electron chi connectivity index (χ2n) is 5.75. The summed E-state index contributed by atoms with van der Waals surface area (Å²) in [4.78, 5) is 6.81. The molecule has 1 N–H and O–H groups in total. The van der Waals surface area contributed by atoms with Gasteiger partial charge in [0.25, 0.3) is 0 Å². The Kier molecular flexibility index (Phi) is 3.82. The Balaban J connectivity index is 1.73. The van der Waals surface area contributed by atoms with Gasteiger partial charge in [-0.1, -0.05) is 6.07 Å². The zero-order valence-electron chi connectivity index (χ0n) is 11.8. The van der Waals surface area contributed by atoms with E-state index in [1.54, 1.807) is 0 Å². The van der Waals surface area contributed by atoms with E-state index in [0.717, 1.165) is 31.4 Å². The van der Waals surface area contributed by atoms with Crippen LogP contribution in [0.5, 0.6) is 0 Å². The first kappa shape index (κ1) is 13.0. The topological polar surface area (TPSA) is 37.4 Å². The summed E-state index contributed by atoms with van der Waals surface area (Å²) in [5.74, 6) is 0. The number of ether oxygens (including phenoxy) is 1. The molecule has 0 radical (unpaired) electrons. The molecule has 1 saturated heterocycles. The van der Waals surface area contributed by atoms with Gasteiger partial charge in [-0.15, -0.1) is 0 Å². The van der Waals surface area contributed by atoms with E-state index in [1.807, 2.05) is 13.1 Å². The van der Waals surface area contributed by atoms with Gasteiger partial charge in [0.15, 0.2) is 0 Å². The summed E-state index contributed by atoms with van der Waals surface area (Å²) in [6.45, 7) is 4.77. The lowest BCUT2D eigenvalue weighted by Gasteiger charge is -2.39. The molecular weight excluding hydrogens is 238 g/mol. The van der Waals surface area contributed by atoms with Crippen LogP contribution in [0.1, 0.15) is 30.1 Å². The third-order valence-corrected chi connectivity index (χ3v) is 4.06. The lowest BCUT2D eigenvalue weighted by molar-refractivity contribution is -0.0616. The summed E-state index contributed by atoms with van der Waals surface area (Å²) in [5.41, 5.74) is 2.33. The Morgan fingerprint density at radius 2 is 2.26 bits per heavy atom. The molecule has 2 unspecified atom stereocenters. The zero-order chi connectivity index (χ0) is 13.2. The normalized spacial score (nSPS) is 28.5. The molecule has 2 heterocycles. The molecule has 104 valence electrons. The van der Waals surface area contributed by atoms with Crippen molar-refractivity contribution in [1.82, 2.24) is 15.2 Å². The van der Waals surface area contributed by atoms with E-state index in [0.29, 0.717) is 6.04 Å². The zero-order valence-corrected chi connectivity index (χ0v) is 11.8. The van der Waals surface area contributed by atoms with E-state index in [9.17, 15) is 0 Å². The third-order valence-electron chi connectivity index (χ3n) is 4.06. The molecule has 2 aliphatic rings. The molecule has 0 aromatic carbocycles. The van der Waals surface area contributed by atoms with E-state index in [2.05, 4.69) is 34.4 Å². The van der Waals surface area contributed by atoms with Crippen molar-refractivity contribution in [3.63, 3.8) is 0 Å². The molecule has 2 atom stereocenters. The van der Waals surface area contributed by atoms with Gasteiger partial charge >= 0.3 is 0 Å². The third kappa shape index (κ3) is 3.14. The maximum atomic E-state index is 5.99. The summed E-state index contributed by atoms with van der Waals surface area (Å²) in [5, 5.41) is 3.59. The van der Waals surface area contributed by atoms with Gasteiger partial charge in [0, 0.05) is 31.0 Å². The van der Waals surface area contributed by atoms with Gasteiger partial charge in [0.05, 0.1) is 18.8 Å². The number of nitrogens with one attached hydrogen (secondary N) is 1. The Morgan fingerprint density at radius 1 is 1.42 bits per heavy atom. The lowest BCUT2D eigenvalue weighted by Crippen LogP contribution is -2.47. The van der Waals surface area contributed by atoms with E-state index in [4.69, 9.17) is 4.74 Å². The van der Waals surface area contributed by atoms with Crippen LogP contribution in [-0.4, -0.2) is 48.8 Å². The molecule has 19 heavy (non-hydrogen) atoms. The minimum Gasteiger partial charge on any atom is -0.374 e. The second-order valence-corrected chi connectivity index (χ2v) is 5.75. The Hall–Kier alpha value is -0.970. The molecule has 0 bridgehead atoms. The number of hydrogen-bond acceptors (Lipinski definition) is 4. The molecule has 4 nitrogen and oxygen atoms in total. The van der Waals surface area contributed by atoms with Crippen molar-refractivity contribution >= 4 is 0 Å². The smallest absolute Gasteiger partial charge is 0.0897 e. The van der Waals surface area contributed by atoms with E-state index in [-0.39, 0.29) is 6.10 Å². The molecule has 3 rings (SSSR count). The van der Waals surface area contributed by atoms with Crippen LogP contribution >= 0.6 is 0 Å². The number of rotatable bonds is 4. The highest BCUT2D eigenvalue weighted by atomic mass is 16.5. The Bertz CT molecular complexity index is 416. The van der Waals surface area contributed by atoms with Crippen molar-refractivity contribution < 1.29 is 4.74 Å². The highest BCUT2D eigenvalue weighted by Gasteiger charge is 2.33. The quantitative estimate of drug-likeness (QED) is 0.891. The molecule has 4 heteroatoms. The van der Waals surface area contributed by atoms with Crippen molar-refractivity contribution in [3.05, 3.63) is 29.6 Å². The van der Waals surface area contributed by atoms with Crippen LogP contribution in [0.3, 0.4) is 0 Å². The maximum absolute atomic E-state index is 5.99. The van der Waals surface area contributed by atoms with Gasteiger partial charge in [0.2, 0.25) is 0 Å². The minimum atomic E-state index is 0.226. The average Bonchev–Trinajstić information content (AvgIpc) is 3.22. The summed E-state index contributed by atoms with van der Waals surface area (Å²) in [6, 6.07) is 5.31. The van der Waals surface area contributed by atoms with Crippen LogP contribution in [0, 0.1) is 6.92 Å². The highest BCUT2D eigenvalue weighted by molar-refractivity contribution is 5.19. The summed E-state index contributed by atoms with van der Waals surface area (Å²) in [6.07, 6.45) is 4.86. The molecule has 1 aromatic rings. The largest absolute Gasteiger partial charge is 0.374 e. The van der Waals surface area contributed by atoms with Crippen molar-refractivity contribution in [2.75, 3.05) is 26.7 Å². The number of morpholine rings is 1. The molecule has 0 amide bonds. The van der Waals surface area contributed by atoms with Crippen molar-refractivity contribution in [2.24, 2.45) is 0 Å². The highest BCUT2D eigenvalue weighted by Crippen LogP contribution is 2.28. The van der Waals surface area contributed by atoms with Crippen LogP contribution in [0.2, 0.25) is 0 Å². The fraction of sp³-hybridized carbons (Fsp3) is 0.667. The van der Waals surface area contributed by atoms with E-state index >= 15 is 0 Å². The maximum Gasteiger partial charge on any atom is 0.0897 e. The molecule has 0 spiro atoms. The van der Waals surface area contributed by atoms with Gasteiger partial charge < -0.3 is 10.1 Å². The first-order valence-corrected chi connectivity index (χ1v) is 7.22. The lowest BCUT2D eigenvalue weighted by atomic mass is 9.99. The van der Waals surface area contributed by atoms with Crippen LogP contribution in [0.4, 0.5) is 0 Å². The van der Waals surface area contributed by atoms with E-state index < -0.39 is 0 Å². The molecule has 2 fully saturated rings. The fourth-order valence-electron chi connectivity index (χ4n) is 2.73. The standard InChI is InChI=1S/C15H23N3O/c1-11-3-4-12(9-16-11)15-14(10-17-13-5-6-13)19-8-7-18(15)2/h3-4,9,13-15,17H,5-8,10H2,1-2H3.